The molecule has 1 aromatic rings. The van der Waals surface area contributed by atoms with Gasteiger partial charge in [0.25, 0.3) is 0 Å². The summed E-state index contributed by atoms with van der Waals surface area (Å²) in [5.74, 6) is 2.29. The summed E-state index contributed by atoms with van der Waals surface area (Å²) >= 11 is 0. The Kier molecular flexibility index (Phi) is 2.99. The van der Waals surface area contributed by atoms with Crippen molar-refractivity contribution in [2.75, 3.05) is 19.6 Å². The minimum atomic E-state index is -0.423. The van der Waals surface area contributed by atoms with E-state index in [0.29, 0.717) is 11.7 Å². The summed E-state index contributed by atoms with van der Waals surface area (Å²) in [6.45, 7) is 3.43. The molecule has 1 aromatic carbocycles. The van der Waals surface area contributed by atoms with Gasteiger partial charge >= 0.3 is 0 Å². The summed E-state index contributed by atoms with van der Waals surface area (Å²) in [6.07, 6.45) is 5.07. The number of aliphatic hydroxyl groups excluding tert-OH is 1. The van der Waals surface area contributed by atoms with Crippen LogP contribution in [0, 0.1) is 11.8 Å². The van der Waals surface area contributed by atoms with Crippen molar-refractivity contribution in [2.45, 2.75) is 49.7 Å². The molecule has 4 heteroatoms. The number of hydrogen-bond acceptors (Lipinski definition) is 4. The molecule has 2 aliphatic carbocycles. The molecule has 2 saturated carbocycles. The van der Waals surface area contributed by atoms with E-state index in [0.717, 1.165) is 43.8 Å². The van der Waals surface area contributed by atoms with Crippen molar-refractivity contribution < 1.29 is 14.9 Å². The van der Waals surface area contributed by atoms with Crippen LogP contribution < -0.4 is 4.74 Å². The number of piperidine rings is 1. The summed E-state index contributed by atoms with van der Waals surface area (Å²) < 4.78 is 6.12. The van der Waals surface area contributed by atoms with E-state index in [-0.39, 0.29) is 17.3 Å². The van der Waals surface area contributed by atoms with E-state index in [9.17, 15) is 10.2 Å². The predicted octanol–water partition coefficient (Wildman–Crippen LogP) is 2.28. The van der Waals surface area contributed by atoms with Gasteiger partial charge in [0.15, 0.2) is 11.5 Å². The third kappa shape index (κ3) is 1.97. The first-order valence-electron chi connectivity index (χ1n) is 9.08. The molecule has 4 nitrogen and oxygen atoms in total. The third-order valence-electron chi connectivity index (χ3n) is 6.67. The largest absolute Gasteiger partial charge is 0.504 e. The number of phenolic OH excluding ortho intramolecular Hbond substituents is 1. The number of hydrogen-bond donors (Lipinski definition) is 2. The summed E-state index contributed by atoms with van der Waals surface area (Å²) in [4.78, 5) is 2.63. The maximum Gasteiger partial charge on any atom is 0.165 e. The van der Waals surface area contributed by atoms with E-state index < -0.39 is 6.10 Å². The van der Waals surface area contributed by atoms with Gasteiger partial charge in [0.2, 0.25) is 0 Å². The van der Waals surface area contributed by atoms with Crippen molar-refractivity contribution in [3.8, 4) is 11.5 Å². The summed E-state index contributed by atoms with van der Waals surface area (Å²) in [7, 11) is 0. The number of fused-ring (bicyclic) bond motifs is 1. The molecule has 0 aromatic heterocycles. The van der Waals surface area contributed by atoms with Crippen LogP contribution in [0.15, 0.2) is 18.2 Å². The Hall–Kier alpha value is -1.26. The molecule has 4 aliphatic rings. The minimum absolute atomic E-state index is 0.105. The number of phenols is 1. The van der Waals surface area contributed by atoms with E-state index >= 15 is 0 Å². The van der Waals surface area contributed by atoms with Crippen LogP contribution in [-0.2, 0) is 5.41 Å². The number of aromatic hydroxyl groups is 1. The molecule has 23 heavy (non-hydrogen) atoms. The molecule has 4 atom stereocenters. The van der Waals surface area contributed by atoms with Gasteiger partial charge in [0.1, 0.15) is 6.10 Å². The number of likely N-dealkylation sites (tertiary alicyclic amines) is 1. The van der Waals surface area contributed by atoms with Crippen LogP contribution in [0.4, 0.5) is 0 Å². The van der Waals surface area contributed by atoms with Crippen molar-refractivity contribution in [1.29, 1.82) is 0 Å². The molecule has 1 spiro atoms. The number of para-hydroxylation sites is 1. The molecule has 2 N–H and O–H groups in total. The Morgan fingerprint density at radius 2 is 2.09 bits per heavy atom. The molecule has 0 amide bonds. The number of benzene rings is 1. The highest BCUT2D eigenvalue weighted by atomic mass is 16.5. The van der Waals surface area contributed by atoms with Gasteiger partial charge in [-0.05, 0) is 56.6 Å². The Morgan fingerprint density at radius 1 is 1.22 bits per heavy atom. The summed E-state index contributed by atoms with van der Waals surface area (Å²) in [5, 5.41) is 20.8. The van der Waals surface area contributed by atoms with Gasteiger partial charge in [-0.15, -0.1) is 0 Å². The Bertz CT molecular complexity index is 629. The lowest BCUT2D eigenvalue weighted by Crippen LogP contribution is -2.61. The number of nitrogens with zero attached hydrogens (tertiary/aromatic N) is 1. The van der Waals surface area contributed by atoms with Crippen LogP contribution in [0.3, 0.4) is 0 Å². The zero-order chi connectivity index (χ0) is 15.6. The molecule has 2 heterocycles. The lowest BCUT2D eigenvalue weighted by molar-refractivity contribution is -0.0793. The van der Waals surface area contributed by atoms with Crippen LogP contribution in [0.2, 0.25) is 0 Å². The highest BCUT2D eigenvalue weighted by molar-refractivity contribution is 5.55. The first-order chi connectivity index (χ1) is 11.2. The second-order valence-electron chi connectivity index (χ2n) is 8.03. The fraction of sp³-hybridized carbons (Fsp3) is 0.684. The average molecular weight is 315 g/mol. The van der Waals surface area contributed by atoms with E-state index in [4.69, 9.17) is 4.74 Å². The van der Waals surface area contributed by atoms with Gasteiger partial charge in [-0.25, -0.2) is 0 Å². The van der Waals surface area contributed by atoms with Crippen LogP contribution in [0.1, 0.15) is 37.7 Å². The second kappa shape index (κ2) is 4.87. The van der Waals surface area contributed by atoms with Gasteiger partial charge in [-0.2, -0.15) is 0 Å². The molecule has 4 unspecified atom stereocenters. The van der Waals surface area contributed by atoms with E-state index in [1.807, 2.05) is 6.07 Å². The van der Waals surface area contributed by atoms with Gasteiger partial charge < -0.3 is 19.8 Å². The summed E-state index contributed by atoms with van der Waals surface area (Å²) in [5.41, 5.74) is 1.03. The van der Waals surface area contributed by atoms with Gasteiger partial charge in [0.05, 0.1) is 6.10 Å². The molecule has 3 fully saturated rings. The van der Waals surface area contributed by atoms with Gasteiger partial charge in [0, 0.05) is 24.1 Å². The Balaban J connectivity index is 1.53. The molecule has 1 saturated heterocycles. The van der Waals surface area contributed by atoms with Crippen molar-refractivity contribution in [1.82, 2.24) is 4.90 Å². The lowest BCUT2D eigenvalue weighted by Gasteiger charge is -2.52. The number of aliphatic hydroxyl groups is 1. The molecule has 0 radical (unpaired) electrons. The smallest absolute Gasteiger partial charge is 0.165 e. The van der Waals surface area contributed by atoms with E-state index in [2.05, 4.69) is 11.0 Å². The molecular weight excluding hydrogens is 290 g/mol. The maximum atomic E-state index is 10.6. The van der Waals surface area contributed by atoms with Crippen LogP contribution in [-0.4, -0.2) is 47.0 Å². The fourth-order valence-electron chi connectivity index (χ4n) is 5.37. The van der Waals surface area contributed by atoms with Gasteiger partial charge in [-0.1, -0.05) is 12.1 Å². The lowest BCUT2D eigenvalue weighted by atomic mass is 9.57. The molecule has 2 aliphatic heterocycles. The van der Waals surface area contributed by atoms with E-state index in [1.54, 1.807) is 6.07 Å². The van der Waals surface area contributed by atoms with E-state index in [1.165, 1.54) is 19.4 Å². The molecule has 5 rings (SSSR count). The Labute approximate surface area is 137 Å². The van der Waals surface area contributed by atoms with Crippen molar-refractivity contribution in [2.24, 2.45) is 11.8 Å². The van der Waals surface area contributed by atoms with Crippen LogP contribution in [0.25, 0.3) is 0 Å². The second-order valence-corrected chi connectivity index (χ2v) is 8.03. The first-order valence-corrected chi connectivity index (χ1v) is 9.08. The van der Waals surface area contributed by atoms with Crippen molar-refractivity contribution >= 4 is 0 Å². The van der Waals surface area contributed by atoms with Crippen molar-refractivity contribution in [3.63, 3.8) is 0 Å². The average Bonchev–Trinajstić information content (AvgIpc) is 3.29. The standard InChI is InChI=1S/C19H25NO3/c21-15-3-1-2-14-17(15)23-18-16(22)7-6-13-11-20(10-12-4-5-12)9-8-19(13,14)18/h1-3,12-13,16,18,21-22H,4-11H2. The predicted molar refractivity (Wildman–Crippen MR) is 86.7 cm³/mol. The zero-order valence-electron chi connectivity index (χ0n) is 13.4. The first kappa shape index (κ1) is 14.1. The van der Waals surface area contributed by atoms with Crippen LogP contribution in [0.5, 0.6) is 11.5 Å². The number of rotatable bonds is 2. The normalized spacial score (nSPS) is 39.3. The highest BCUT2D eigenvalue weighted by Gasteiger charge is 2.60. The van der Waals surface area contributed by atoms with Crippen molar-refractivity contribution in [3.05, 3.63) is 23.8 Å². The maximum absolute atomic E-state index is 10.6. The van der Waals surface area contributed by atoms with Crippen LogP contribution >= 0.6 is 0 Å². The Morgan fingerprint density at radius 3 is 2.91 bits per heavy atom. The topological polar surface area (TPSA) is 52.9 Å². The van der Waals surface area contributed by atoms with Gasteiger partial charge in [-0.3, -0.25) is 0 Å². The fourth-order valence-corrected chi connectivity index (χ4v) is 5.37. The molecule has 0 bridgehead atoms. The quantitative estimate of drug-likeness (QED) is 0.879. The third-order valence-corrected chi connectivity index (χ3v) is 6.67. The highest BCUT2D eigenvalue weighted by Crippen LogP contribution is 2.58. The molecular formula is C19H25NO3. The minimum Gasteiger partial charge on any atom is -0.504 e. The molecule has 124 valence electrons. The summed E-state index contributed by atoms with van der Waals surface area (Å²) in [6, 6.07) is 5.72. The zero-order valence-corrected chi connectivity index (χ0v) is 13.4. The monoisotopic (exact) mass is 315 g/mol. The SMILES string of the molecule is Oc1cccc2c1OC1C(O)CCC3CN(CC4CC4)CCC231. The number of ether oxygens (including phenoxy) is 1.